The van der Waals surface area contributed by atoms with Crippen molar-refractivity contribution in [1.29, 1.82) is 0 Å². The summed E-state index contributed by atoms with van der Waals surface area (Å²) in [5.74, 6) is -0.199. The van der Waals surface area contributed by atoms with Gasteiger partial charge in [-0.1, -0.05) is 36.4 Å². The van der Waals surface area contributed by atoms with E-state index in [1.54, 1.807) is 30.3 Å². The van der Waals surface area contributed by atoms with Crippen molar-refractivity contribution in [2.24, 2.45) is 0 Å². The van der Waals surface area contributed by atoms with E-state index in [1.807, 2.05) is 42.5 Å². The summed E-state index contributed by atoms with van der Waals surface area (Å²) in [6.07, 6.45) is 0. The van der Waals surface area contributed by atoms with E-state index in [1.165, 1.54) is 0 Å². The number of nitrogens with one attached hydrogen (secondary N) is 1. The molecule has 3 aromatic rings. The maximum atomic E-state index is 12.6. The highest BCUT2D eigenvalue weighted by atomic mass is 16.1. The number of hydrogen-bond donors (Lipinski definition) is 3. The second-order valence-electron chi connectivity index (χ2n) is 5.21. The molecule has 5 N–H and O–H groups in total. The third-order valence-electron chi connectivity index (χ3n) is 3.57. The molecule has 0 aliphatic carbocycles. The van der Waals surface area contributed by atoms with Crippen LogP contribution in [0.3, 0.4) is 0 Å². The van der Waals surface area contributed by atoms with Gasteiger partial charge in [0.05, 0.1) is 0 Å². The van der Waals surface area contributed by atoms with Gasteiger partial charge in [0.15, 0.2) is 0 Å². The number of nitrogen functional groups attached to an aromatic ring is 2. The van der Waals surface area contributed by atoms with Crippen LogP contribution in [-0.2, 0) is 0 Å². The summed E-state index contributed by atoms with van der Waals surface area (Å²) < 4.78 is 0. The van der Waals surface area contributed by atoms with Crippen molar-refractivity contribution in [2.75, 3.05) is 16.8 Å². The number of carbonyl (C=O) groups excluding carboxylic acids is 1. The number of anilines is 3. The zero-order valence-corrected chi connectivity index (χ0v) is 12.5. The minimum atomic E-state index is -0.199. The van der Waals surface area contributed by atoms with Crippen molar-refractivity contribution >= 4 is 23.0 Å². The molecule has 114 valence electrons. The van der Waals surface area contributed by atoms with Gasteiger partial charge in [-0.25, -0.2) is 0 Å². The molecule has 0 aliphatic rings. The topological polar surface area (TPSA) is 81.1 Å². The fourth-order valence-electron chi connectivity index (χ4n) is 2.45. The van der Waals surface area contributed by atoms with Gasteiger partial charge in [0, 0.05) is 28.2 Å². The Labute approximate surface area is 134 Å². The summed E-state index contributed by atoms with van der Waals surface area (Å²) in [4.78, 5) is 12.6. The number of nitrogens with two attached hydrogens (primary N) is 2. The predicted molar refractivity (Wildman–Crippen MR) is 95.1 cm³/mol. The molecule has 3 aromatic carbocycles. The van der Waals surface area contributed by atoms with Crippen LogP contribution >= 0.6 is 0 Å². The van der Waals surface area contributed by atoms with Crippen molar-refractivity contribution in [3.05, 3.63) is 78.4 Å². The van der Waals surface area contributed by atoms with Gasteiger partial charge >= 0.3 is 0 Å². The maximum Gasteiger partial charge on any atom is 0.256 e. The highest BCUT2D eigenvalue weighted by Gasteiger charge is 2.15. The van der Waals surface area contributed by atoms with Crippen molar-refractivity contribution in [3.63, 3.8) is 0 Å². The Kier molecular flexibility index (Phi) is 3.97. The van der Waals surface area contributed by atoms with Crippen molar-refractivity contribution < 1.29 is 4.79 Å². The van der Waals surface area contributed by atoms with E-state index in [0.717, 1.165) is 11.3 Å². The quantitative estimate of drug-likeness (QED) is 0.644. The van der Waals surface area contributed by atoms with E-state index in [2.05, 4.69) is 5.32 Å². The van der Waals surface area contributed by atoms with E-state index in [9.17, 15) is 4.79 Å². The first-order chi connectivity index (χ1) is 11.1. The Morgan fingerprint density at radius 3 is 2.17 bits per heavy atom. The van der Waals surface area contributed by atoms with Gasteiger partial charge in [-0.15, -0.1) is 0 Å². The minimum Gasteiger partial charge on any atom is -0.399 e. The molecule has 0 saturated heterocycles. The number of carbonyl (C=O) groups is 1. The lowest BCUT2D eigenvalue weighted by atomic mass is 9.97. The van der Waals surface area contributed by atoms with Crippen LogP contribution in [0.15, 0.2) is 72.8 Å². The van der Waals surface area contributed by atoms with Crippen LogP contribution in [0.25, 0.3) is 11.1 Å². The number of amides is 1. The lowest BCUT2D eigenvalue weighted by Crippen LogP contribution is -2.14. The van der Waals surface area contributed by atoms with Gasteiger partial charge in [-0.3, -0.25) is 4.79 Å². The van der Waals surface area contributed by atoms with Crippen molar-refractivity contribution in [1.82, 2.24) is 0 Å². The monoisotopic (exact) mass is 303 g/mol. The molecule has 23 heavy (non-hydrogen) atoms. The number of rotatable bonds is 3. The Morgan fingerprint density at radius 2 is 1.48 bits per heavy atom. The van der Waals surface area contributed by atoms with Crippen molar-refractivity contribution in [2.45, 2.75) is 0 Å². The number of benzene rings is 3. The van der Waals surface area contributed by atoms with Crippen LogP contribution in [0.4, 0.5) is 17.1 Å². The Morgan fingerprint density at radius 1 is 0.783 bits per heavy atom. The largest absolute Gasteiger partial charge is 0.399 e. The van der Waals surface area contributed by atoms with Gasteiger partial charge in [0.1, 0.15) is 0 Å². The van der Waals surface area contributed by atoms with E-state index in [0.29, 0.717) is 22.5 Å². The molecule has 0 saturated carbocycles. The third-order valence-corrected chi connectivity index (χ3v) is 3.57. The summed E-state index contributed by atoms with van der Waals surface area (Å²) in [5.41, 5.74) is 15.9. The highest BCUT2D eigenvalue weighted by molar-refractivity contribution is 6.10. The van der Waals surface area contributed by atoms with Crippen LogP contribution < -0.4 is 16.8 Å². The average Bonchev–Trinajstić information content (AvgIpc) is 2.56. The first-order valence-electron chi connectivity index (χ1n) is 7.26. The standard InChI is InChI=1S/C19H17N3O/c20-14-11-9-13(10-12-14)18-16(7-4-8-17(18)21)19(23)22-15-5-2-1-3-6-15/h1-12H,20-21H2,(H,22,23). The lowest BCUT2D eigenvalue weighted by Gasteiger charge is -2.13. The molecule has 4 nitrogen and oxygen atoms in total. The smallest absolute Gasteiger partial charge is 0.256 e. The van der Waals surface area contributed by atoms with Gasteiger partial charge in [-0.05, 0) is 42.0 Å². The van der Waals surface area contributed by atoms with Crippen LogP contribution in [0.5, 0.6) is 0 Å². The van der Waals surface area contributed by atoms with Gasteiger partial charge in [0.2, 0.25) is 0 Å². The van der Waals surface area contributed by atoms with Crippen LogP contribution in [0.2, 0.25) is 0 Å². The van der Waals surface area contributed by atoms with Crippen LogP contribution in [0.1, 0.15) is 10.4 Å². The second-order valence-corrected chi connectivity index (χ2v) is 5.21. The van der Waals surface area contributed by atoms with E-state index in [4.69, 9.17) is 11.5 Å². The first kappa shape index (κ1) is 14.7. The number of hydrogen-bond acceptors (Lipinski definition) is 3. The Balaban J connectivity index is 2.01. The molecule has 3 rings (SSSR count). The van der Waals surface area contributed by atoms with E-state index < -0.39 is 0 Å². The van der Waals surface area contributed by atoms with Gasteiger partial charge < -0.3 is 16.8 Å². The molecule has 0 radical (unpaired) electrons. The van der Waals surface area contributed by atoms with Gasteiger partial charge in [-0.2, -0.15) is 0 Å². The molecule has 0 atom stereocenters. The molecule has 0 bridgehead atoms. The highest BCUT2D eigenvalue weighted by Crippen LogP contribution is 2.31. The van der Waals surface area contributed by atoms with Gasteiger partial charge in [0.25, 0.3) is 5.91 Å². The zero-order valence-electron chi connectivity index (χ0n) is 12.5. The third kappa shape index (κ3) is 3.16. The summed E-state index contributed by atoms with van der Waals surface area (Å²) >= 11 is 0. The zero-order chi connectivity index (χ0) is 16.2. The fourth-order valence-corrected chi connectivity index (χ4v) is 2.45. The predicted octanol–water partition coefficient (Wildman–Crippen LogP) is 3.77. The number of para-hydroxylation sites is 1. The summed E-state index contributed by atoms with van der Waals surface area (Å²) in [6, 6.07) is 21.9. The molecule has 0 fully saturated rings. The first-order valence-corrected chi connectivity index (χ1v) is 7.26. The SMILES string of the molecule is Nc1ccc(-c2c(N)cccc2C(=O)Nc2ccccc2)cc1. The molecular weight excluding hydrogens is 286 g/mol. The summed E-state index contributed by atoms with van der Waals surface area (Å²) in [7, 11) is 0. The molecule has 4 heteroatoms. The molecule has 1 amide bonds. The molecular formula is C19H17N3O. The molecule has 0 aromatic heterocycles. The van der Waals surface area contributed by atoms with Crippen LogP contribution in [0, 0.1) is 0 Å². The van der Waals surface area contributed by atoms with E-state index in [-0.39, 0.29) is 5.91 Å². The summed E-state index contributed by atoms with van der Waals surface area (Å²) in [6.45, 7) is 0. The lowest BCUT2D eigenvalue weighted by molar-refractivity contribution is 0.102. The Bertz CT molecular complexity index is 827. The van der Waals surface area contributed by atoms with Crippen molar-refractivity contribution in [3.8, 4) is 11.1 Å². The normalized spacial score (nSPS) is 10.3. The molecule has 0 aliphatic heterocycles. The average molecular weight is 303 g/mol. The molecule has 0 spiro atoms. The maximum absolute atomic E-state index is 12.6. The Hall–Kier alpha value is -3.27. The summed E-state index contributed by atoms with van der Waals surface area (Å²) in [5, 5.41) is 2.89. The fraction of sp³-hybridized carbons (Fsp3) is 0. The second kappa shape index (κ2) is 6.23. The molecule has 0 unspecified atom stereocenters. The minimum absolute atomic E-state index is 0.199. The molecule has 0 heterocycles. The van der Waals surface area contributed by atoms with E-state index >= 15 is 0 Å². The van der Waals surface area contributed by atoms with Crippen LogP contribution in [-0.4, -0.2) is 5.91 Å².